The Morgan fingerprint density at radius 3 is 1.06 bits per heavy atom. The fraction of sp³-hybridized carbons (Fsp3) is 0.625. The second-order valence-electron chi connectivity index (χ2n) is 20.8. The van der Waals surface area contributed by atoms with Crippen LogP contribution in [-0.2, 0) is 32.2 Å². The highest BCUT2D eigenvalue weighted by Crippen LogP contribution is 2.31. The molecule has 1 aliphatic heterocycles. The minimum Gasteiger partial charge on any atom is -0.459 e. The highest BCUT2D eigenvalue weighted by atomic mass is 16.6. The van der Waals surface area contributed by atoms with Gasteiger partial charge in [-0.05, 0) is 92.9 Å². The maximum atomic E-state index is 14.4. The van der Waals surface area contributed by atoms with E-state index in [1.807, 2.05) is 55.4 Å². The summed E-state index contributed by atoms with van der Waals surface area (Å²) < 4.78 is 26.7. The van der Waals surface area contributed by atoms with Crippen LogP contribution in [0, 0.1) is 51.4 Å². The van der Waals surface area contributed by atoms with E-state index in [4.69, 9.17) is 28.3 Å². The van der Waals surface area contributed by atoms with Gasteiger partial charge in [0.15, 0.2) is 11.4 Å². The number of nitrogens with one attached hydrogen (secondary N) is 4. The van der Waals surface area contributed by atoms with Crippen LogP contribution < -0.4 is 21.3 Å². The van der Waals surface area contributed by atoms with Gasteiger partial charge in [0.2, 0.25) is 11.8 Å². The summed E-state index contributed by atoms with van der Waals surface area (Å²) in [7, 11) is 0. The Morgan fingerprint density at radius 2 is 0.779 bits per heavy atom. The van der Waals surface area contributed by atoms with Gasteiger partial charge in [-0.15, -0.1) is 0 Å². The first-order chi connectivity index (χ1) is 31.4. The Morgan fingerprint density at radius 1 is 0.500 bits per heavy atom. The molecule has 0 aliphatic carbocycles. The van der Waals surface area contributed by atoms with Gasteiger partial charge in [0, 0.05) is 11.4 Å². The molecule has 372 valence electrons. The highest BCUT2D eigenvalue weighted by molar-refractivity contribution is 5.96. The molecule has 20 heteroatoms. The predicted molar refractivity (Wildman–Crippen MR) is 248 cm³/mol. The van der Waals surface area contributed by atoms with Crippen molar-refractivity contribution in [2.24, 2.45) is 23.7 Å². The number of nitrogens with zero attached hydrogens (tertiary/aromatic N) is 6. The average Bonchev–Trinajstić information content (AvgIpc) is 3.95. The van der Waals surface area contributed by atoms with Crippen LogP contribution in [0.1, 0.15) is 209 Å². The number of hydrogen-bond acceptors (Lipinski definition) is 14. The van der Waals surface area contributed by atoms with Crippen molar-refractivity contribution in [3.05, 3.63) is 69.1 Å². The van der Waals surface area contributed by atoms with E-state index in [0.717, 1.165) is 0 Å². The van der Waals surface area contributed by atoms with Crippen molar-refractivity contribution < 1.29 is 47.1 Å². The molecule has 0 fully saturated rings. The van der Waals surface area contributed by atoms with Crippen LogP contribution in [0.3, 0.4) is 0 Å². The number of aryl methyl sites for hydroxylation is 2. The molecule has 20 nitrogen and oxygen atoms in total. The van der Waals surface area contributed by atoms with Crippen molar-refractivity contribution in [2.45, 2.75) is 173 Å². The van der Waals surface area contributed by atoms with E-state index in [1.54, 1.807) is 78.4 Å². The number of carbonyl (C=O) groups excluding carboxylic acids is 6. The normalized spacial score (nSPS) is 18.9. The van der Waals surface area contributed by atoms with Crippen molar-refractivity contribution in [2.75, 3.05) is 0 Å². The van der Waals surface area contributed by atoms with Crippen LogP contribution >= 0.6 is 0 Å². The summed E-state index contributed by atoms with van der Waals surface area (Å²) in [5.74, 6) is -4.19. The molecule has 0 saturated carbocycles. The smallest absolute Gasteiger partial charge is 0.326 e. The van der Waals surface area contributed by atoms with Crippen LogP contribution in [0.2, 0.25) is 0 Å². The fourth-order valence-corrected chi connectivity index (χ4v) is 7.87. The number of ether oxygens (including phenoxy) is 2. The summed E-state index contributed by atoms with van der Waals surface area (Å²) in [5, 5.41) is 12.0. The third kappa shape index (κ3) is 11.8. The van der Waals surface area contributed by atoms with Crippen molar-refractivity contribution in [1.29, 1.82) is 0 Å². The number of hydrogen-bond donors (Lipinski definition) is 4. The number of esters is 2. The molecule has 4 N–H and O–H groups in total. The van der Waals surface area contributed by atoms with Gasteiger partial charge in [-0.25, -0.2) is 19.9 Å². The topological polar surface area (TPSA) is 257 Å². The van der Waals surface area contributed by atoms with E-state index in [2.05, 4.69) is 31.2 Å². The van der Waals surface area contributed by atoms with Gasteiger partial charge >= 0.3 is 11.9 Å². The third-order valence-electron chi connectivity index (χ3n) is 11.3. The lowest BCUT2D eigenvalue weighted by atomic mass is 10.0. The molecule has 4 amide bonds. The molecule has 1 aliphatic rings. The zero-order valence-electron chi connectivity index (χ0n) is 42.8. The van der Waals surface area contributed by atoms with E-state index in [1.165, 1.54) is 0 Å². The van der Waals surface area contributed by atoms with Gasteiger partial charge in [-0.3, -0.25) is 28.8 Å². The van der Waals surface area contributed by atoms with E-state index < -0.39 is 70.9 Å². The minimum absolute atomic E-state index is 0.0310. The molecule has 0 unspecified atom stereocenters. The number of fused-ring (bicyclic) bond motifs is 8. The van der Waals surface area contributed by atoms with Gasteiger partial charge in [0.05, 0.1) is 12.1 Å². The van der Waals surface area contributed by atoms with Crippen LogP contribution in [0.4, 0.5) is 0 Å². The standard InChI is InChI=1S/C48H70N10O10/c1-21(2)31-39-49-35(25(9)57(39)19-29(59)67-47(13,14)15)41(61)53-34(24(7)8)46-56-38(28(12)66-46)44(64)52-32(22(3)4)40-50-36(26(10)58(40)20-30(60)68-48(16,17)18)42(62)54-33(23(5)6)45-55-37(27(11)65-45)43(63)51-31/h21-24,31-34H,19-20H2,1-18H3,(H,51,63)(H,52,64)(H,53,61)(H,54,62)/t31-,32-,33-,34-/m0/s1. The minimum atomic E-state index is -0.880. The lowest BCUT2D eigenvalue weighted by Gasteiger charge is -2.24. The molecule has 8 bridgehead atoms. The first-order valence-corrected chi connectivity index (χ1v) is 23.1. The molecular formula is C48H70N10O10. The van der Waals surface area contributed by atoms with Crippen molar-refractivity contribution in [3.63, 3.8) is 0 Å². The lowest BCUT2D eigenvalue weighted by Crippen LogP contribution is -2.36. The lowest BCUT2D eigenvalue weighted by molar-refractivity contribution is -0.156. The molecule has 4 atom stereocenters. The molecule has 4 aromatic heterocycles. The van der Waals surface area contributed by atoms with Crippen molar-refractivity contribution >= 4 is 35.6 Å². The summed E-state index contributed by atoms with van der Waals surface area (Å²) >= 11 is 0. The quantitative estimate of drug-likeness (QED) is 0.133. The van der Waals surface area contributed by atoms with Crippen LogP contribution in [0.25, 0.3) is 0 Å². The monoisotopic (exact) mass is 947 g/mol. The van der Waals surface area contributed by atoms with Crippen molar-refractivity contribution in [1.82, 2.24) is 50.3 Å². The van der Waals surface area contributed by atoms with Crippen LogP contribution in [0.15, 0.2) is 8.83 Å². The Kier molecular flexibility index (Phi) is 15.6. The zero-order chi connectivity index (χ0) is 51.1. The molecule has 0 aromatic carbocycles. The predicted octanol–water partition coefficient (Wildman–Crippen LogP) is 6.79. The van der Waals surface area contributed by atoms with E-state index in [9.17, 15) is 28.8 Å². The summed E-state index contributed by atoms with van der Waals surface area (Å²) in [6.45, 7) is 31.0. The molecular weight excluding hydrogens is 877 g/mol. The second kappa shape index (κ2) is 20.1. The average molecular weight is 947 g/mol. The number of imidazole rings is 2. The molecule has 0 radical (unpaired) electrons. The number of carbonyl (C=O) groups is 6. The van der Waals surface area contributed by atoms with E-state index in [-0.39, 0.29) is 94.5 Å². The SMILES string of the molecule is Cc1oc2nc1C(=O)N[C@@H](C(C)C)c1nc(c(C)n1CC(=O)OC(C)(C)C)C(=O)N[C@@H](C(C)C)c1nc(c(C)o1)C(=O)N[C@@H](C(C)C)c1nc(c(C)n1CC(=O)OC(C)(C)C)C(=O)N[C@H]2C(C)C. The number of oxazole rings is 2. The summed E-state index contributed by atoms with van der Waals surface area (Å²) in [6, 6.07) is -3.50. The fourth-order valence-electron chi connectivity index (χ4n) is 7.87. The first-order valence-electron chi connectivity index (χ1n) is 23.1. The summed E-state index contributed by atoms with van der Waals surface area (Å²) in [5.41, 5.74) is -1.18. The summed E-state index contributed by atoms with van der Waals surface area (Å²) in [4.78, 5) is 103. The van der Waals surface area contributed by atoms with Gasteiger partial charge < -0.3 is 48.7 Å². The van der Waals surface area contributed by atoms with Gasteiger partial charge in [0.25, 0.3) is 23.6 Å². The van der Waals surface area contributed by atoms with E-state index in [0.29, 0.717) is 11.4 Å². The zero-order valence-corrected chi connectivity index (χ0v) is 42.8. The number of amides is 4. The first kappa shape index (κ1) is 52.6. The van der Waals surface area contributed by atoms with E-state index >= 15 is 0 Å². The molecule has 5 rings (SSSR count). The maximum Gasteiger partial charge on any atom is 0.326 e. The van der Waals surface area contributed by atoms with Crippen molar-refractivity contribution in [3.8, 4) is 0 Å². The third-order valence-corrected chi connectivity index (χ3v) is 11.3. The van der Waals surface area contributed by atoms with Gasteiger partial charge in [-0.1, -0.05) is 55.4 Å². The Hall–Kier alpha value is -6.34. The molecule has 68 heavy (non-hydrogen) atoms. The molecule has 5 heterocycles. The second-order valence-corrected chi connectivity index (χ2v) is 20.8. The Balaban J connectivity index is 1.72. The summed E-state index contributed by atoms with van der Waals surface area (Å²) in [6.07, 6.45) is 0. The molecule has 0 spiro atoms. The van der Waals surface area contributed by atoms with Crippen LogP contribution in [-0.4, -0.2) is 75.8 Å². The Bertz CT molecular complexity index is 2390. The molecule has 0 saturated heterocycles. The van der Waals surface area contributed by atoms with Gasteiger partial charge in [-0.2, -0.15) is 0 Å². The molecule has 4 aromatic rings. The highest BCUT2D eigenvalue weighted by Gasteiger charge is 2.37. The maximum absolute atomic E-state index is 14.4. The van der Waals surface area contributed by atoms with Crippen LogP contribution in [0.5, 0.6) is 0 Å². The number of rotatable bonds is 8. The van der Waals surface area contributed by atoms with Gasteiger partial charge in [0.1, 0.15) is 70.9 Å². The largest absolute Gasteiger partial charge is 0.459 e. The number of aromatic nitrogens is 6. The Labute approximate surface area is 397 Å².